The largest absolute Gasteiger partial charge is 0.497 e. The Kier molecular flexibility index (Phi) is 7.86. The Balaban J connectivity index is 1.50. The molecular weight excluding hydrogens is 398 g/mol. The van der Waals surface area contributed by atoms with Gasteiger partial charge in [-0.3, -0.25) is 14.3 Å². The van der Waals surface area contributed by atoms with Crippen LogP contribution in [0, 0.1) is 5.92 Å². The zero-order chi connectivity index (χ0) is 22.2. The van der Waals surface area contributed by atoms with Crippen LogP contribution in [0.25, 0.3) is 0 Å². The van der Waals surface area contributed by atoms with Crippen LogP contribution in [0.2, 0.25) is 0 Å². The first-order valence-corrected chi connectivity index (χ1v) is 10.8. The van der Waals surface area contributed by atoms with E-state index in [-0.39, 0.29) is 24.3 Å². The van der Waals surface area contributed by atoms with E-state index in [0.29, 0.717) is 37.6 Å². The van der Waals surface area contributed by atoms with Crippen molar-refractivity contribution >= 4 is 11.8 Å². The Hall–Kier alpha value is -3.10. The molecule has 3 rings (SSSR count). The molecule has 2 aromatic rings. The second-order valence-corrected chi connectivity index (χ2v) is 7.62. The summed E-state index contributed by atoms with van der Waals surface area (Å²) in [6, 6.07) is 7.17. The van der Waals surface area contributed by atoms with Crippen LogP contribution in [0.4, 0.5) is 0 Å². The summed E-state index contributed by atoms with van der Waals surface area (Å²) >= 11 is 0. The molecule has 168 valence electrons. The monoisotopic (exact) mass is 429 g/mol. The van der Waals surface area contributed by atoms with Crippen molar-refractivity contribution in [1.82, 2.24) is 24.8 Å². The molecule has 0 aliphatic carbocycles. The lowest BCUT2D eigenvalue weighted by Crippen LogP contribution is -2.43. The number of carbonyl (C=O) groups is 2. The third kappa shape index (κ3) is 5.96. The highest BCUT2D eigenvalue weighted by Gasteiger charge is 2.25. The zero-order valence-corrected chi connectivity index (χ0v) is 18.5. The number of hydrogen-bond acceptors (Lipinski definition) is 6. The third-order valence-electron chi connectivity index (χ3n) is 5.55. The quantitative estimate of drug-likeness (QED) is 0.606. The summed E-state index contributed by atoms with van der Waals surface area (Å²) in [6.45, 7) is 7.16. The molecule has 0 N–H and O–H groups in total. The summed E-state index contributed by atoms with van der Waals surface area (Å²) in [4.78, 5) is 28.6. The van der Waals surface area contributed by atoms with Crippen molar-refractivity contribution in [2.45, 2.75) is 33.2 Å². The van der Waals surface area contributed by atoms with E-state index in [1.807, 2.05) is 18.7 Å². The Labute approximate surface area is 182 Å². The van der Waals surface area contributed by atoms with Crippen molar-refractivity contribution < 1.29 is 19.1 Å². The second kappa shape index (κ2) is 10.8. The Bertz CT molecular complexity index is 863. The molecule has 0 saturated carbocycles. The second-order valence-electron chi connectivity index (χ2n) is 7.62. The molecule has 0 bridgehead atoms. The number of piperidine rings is 1. The van der Waals surface area contributed by atoms with Gasteiger partial charge in [0.2, 0.25) is 0 Å². The number of rotatable bonds is 9. The van der Waals surface area contributed by atoms with Gasteiger partial charge >= 0.3 is 0 Å². The summed E-state index contributed by atoms with van der Waals surface area (Å²) in [5, 5.41) is 8.16. The maximum atomic E-state index is 12.6. The standard InChI is InChI=1S/C22H31N5O4/c1-4-25(5-2)22(29)20-15-27(24-23-20)14-17-7-6-12-26(13-17)21(28)16-31-19-10-8-18(30-3)9-11-19/h8-11,15,17H,4-7,12-14,16H2,1-3H3. The van der Waals surface area contributed by atoms with E-state index >= 15 is 0 Å². The van der Waals surface area contributed by atoms with Crippen LogP contribution in [-0.2, 0) is 11.3 Å². The molecule has 2 heterocycles. The van der Waals surface area contributed by atoms with Crippen LogP contribution in [-0.4, -0.2) is 76.5 Å². The number of methoxy groups -OCH3 is 1. The summed E-state index contributed by atoms with van der Waals surface area (Å²) in [7, 11) is 1.61. The molecule has 1 aromatic heterocycles. The number of ether oxygens (including phenoxy) is 2. The van der Waals surface area contributed by atoms with E-state index in [2.05, 4.69) is 10.3 Å². The van der Waals surface area contributed by atoms with Gasteiger partial charge in [0.15, 0.2) is 12.3 Å². The van der Waals surface area contributed by atoms with E-state index in [0.717, 1.165) is 25.1 Å². The molecule has 1 aromatic carbocycles. The Morgan fingerprint density at radius 2 is 1.87 bits per heavy atom. The summed E-state index contributed by atoms with van der Waals surface area (Å²) in [6.07, 6.45) is 3.63. The molecule has 1 aliphatic rings. The van der Waals surface area contributed by atoms with Crippen LogP contribution in [0.5, 0.6) is 11.5 Å². The fraction of sp³-hybridized carbons (Fsp3) is 0.545. The topological polar surface area (TPSA) is 89.8 Å². The summed E-state index contributed by atoms with van der Waals surface area (Å²) in [5.41, 5.74) is 0.361. The first-order chi connectivity index (χ1) is 15.0. The molecule has 1 saturated heterocycles. The van der Waals surface area contributed by atoms with Crippen LogP contribution in [0.15, 0.2) is 30.5 Å². The highest BCUT2D eigenvalue weighted by molar-refractivity contribution is 5.91. The van der Waals surface area contributed by atoms with Crippen molar-refractivity contribution in [3.05, 3.63) is 36.2 Å². The molecule has 0 radical (unpaired) electrons. The smallest absolute Gasteiger partial charge is 0.276 e. The number of aromatic nitrogens is 3. The predicted molar refractivity (Wildman–Crippen MR) is 115 cm³/mol. The van der Waals surface area contributed by atoms with Crippen LogP contribution < -0.4 is 9.47 Å². The highest BCUT2D eigenvalue weighted by atomic mass is 16.5. The van der Waals surface area contributed by atoms with Crippen LogP contribution >= 0.6 is 0 Å². The molecule has 9 heteroatoms. The number of hydrogen-bond donors (Lipinski definition) is 0. The van der Waals surface area contributed by atoms with Gasteiger partial charge in [0.05, 0.1) is 13.3 Å². The number of carbonyl (C=O) groups excluding carboxylic acids is 2. The minimum atomic E-state index is -0.104. The number of nitrogens with zero attached hydrogens (tertiary/aromatic N) is 5. The predicted octanol–water partition coefficient (Wildman–Crippen LogP) is 2.09. The zero-order valence-electron chi connectivity index (χ0n) is 18.5. The fourth-order valence-corrected chi connectivity index (χ4v) is 3.77. The first kappa shape index (κ1) is 22.6. The number of amides is 2. The van der Waals surface area contributed by atoms with Gasteiger partial charge in [-0.15, -0.1) is 5.10 Å². The lowest BCUT2D eigenvalue weighted by atomic mass is 9.98. The Morgan fingerprint density at radius 1 is 1.16 bits per heavy atom. The fourth-order valence-electron chi connectivity index (χ4n) is 3.77. The van der Waals surface area contributed by atoms with E-state index in [1.165, 1.54) is 0 Å². The average Bonchev–Trinajstić information content (AvgIpc) is 3.27. The molecule has 2 amide bonds. The van der Waals surface area contributed by atoms with Crippen LogP contribution in [0.1, 0.15) is 37.2 Å². The first-order valence-electron chi connectivity index (χ1n) is 10.8. The molecule has 1 unspecified atom stereocenters. The van der Waals surface area contributed by atoms with E-state index < -0.39 is 0 Å². The summed E-state index contributed by atoms with van der Waals surface area (Å²) < 4.78 is 12.5. The van der Waals surface area contributed by atoms with Gasteiger partial charge in [-0.05, 0) is 56.9 Å². The van der Waals surface area contributed by atoms with Crippen molar-refractivity contribution in [2.75, 3.05) is 39.9 Å². The maximum absolute atomic E-state index is 12.6. The SMILES string of the molecule is CCN(CC)C(=O)c1cn(CC2CCCN(C(=O)COc3ccc(OC)cc3)C2)nn1. The van der Waals surface area contributed by atoms with Gasteiger partial charge in [0.1, 0.15) is 11.5 Å². The van der Waals surface area contributed by atoms with Crippen molar-refractivity contribution in [3.8, 4) is 11.5 Å². The number of likely N-dealkylation sites (tertiary alicyclic amines) is 1. The van der Waals surface area contributed by atoms with Gasteiger partial charge in [-0.2, -0.15) is 0 Å². The lowest BCUT2D eigenvalue weighted by molar-refractivity contribution is -0.135. The average molecular weight is 430 g/mol. The normalized spacial score (nSPS) is 16.1. The van der Waals surface area contributed by atoms with Crippen LogP contribution in [0.3, 0.4) is 0 Å². The lowest BCUT2D eigenvalue weighted by Gasteiger charge is -2.32. The molecule has 1 aliphatic heterocycles. The van der Waals surface area contributed by atoms with E-state index in [4.69, 9.17) is 9.47 Å². The third-order valence-corrected chi connectivity index (χ3v) is 5.55. The van der Waals surface area contributed by atoms with Gasteiger partial charge < -0.3 is 19.3 Å². The van der Waals surface area contributed by atoms with Gasteiger partial charge in [0.25, 0.3) is 11.8 Å². The van der Waals surface area contributed by atoms with Crippen molar-refractivity contribution in [1.29, 1.82) is 0 Å². The molecule has 0 spiro atoms. The van der Waals surface area contributed by atoms with Gasteiger partial charge in [-0.25, -0.2) is 0 Å². The van der Waals surface area contributed by atoms with Crippen molar-refractivity contribution in [3.63, 3.8) is 0 Å². The van der Waals surface area contributed by atoms with Gasteiger partial charge in [-0.1, -0.05) is 5.21 Å². The van der Waals surface area contributed by atoms with Crippen molar-refractivity contribution in [2.24, 2.45) is 5.92 Å². The maximum Gasteiger partial charge on any atom is 0.276 e. The molecule has 9 nitrogen and oxygen atoms in total. The highest BCUT2D eigenvalue weighted by Crippen LogP contribution is 2.20. The number of benzene rings is 1. The molecule has 31 heavy (non-hydrogen) atoms. The van der Waals surface area contributed by atoms with Gasteiger partial charge in [0, 0.05) is 32.7 Å². The van der Waals surface area contributed by atoms with E-state index in [9.17, 15) is 9.59 Å². The Morgan fingerprint density at radius 3 is 2.55 bits per heavy atom. The molecular formula is C22H31N5O4. The summed E-state index contributed by atoms with van der Waals surface area (Å²) in [5.74, 6) is 1.50. The minimum absolute atomic E-state index is 0.00486. The van der Waals surface area contributed by atoms with E-state index in [1.54, 1.807) is 47.2 Å². The molecule has 1 fully saturated rings. The minimum Gasteiger partial charge on any atom is -0.497 e. The molecule has 1 atom stereocenters.